The van der Waals surface area contributed by atoms with Crippen LogP contribution < -0.4 is 4.74 Å². The van der Waals surface area contributed by atoms with Crippen molar-refractivity contribution in [2.24, 2.45) is 17.8 Å². The van der Waals surface area contributed by atoms with E-state index in [0.29, 0.717) is 12.0 Å². The SMILES string of the molecule is COc1ccc2c(c1)C1(CC(C)C(O)CO)CCN(CC3CC3)C(C2)C1C. The molecule has 2 fully saturated rings. The van der Waals surface area contributed by atoms with E-state index in [4.69, 9.17) is 4.74 Å². The number of aliphatic hydroxyl groups excluding tert-OH is 2. The number of fused-ring (bicyclic) bond motifs is 4. The van der Waals surface area contributed by atoms with Gasteiger partial charge in [-0.15, -0.1) is 0 Å². The number of nitrogens with zero attached hydrogens (tertiary/aromatic N) is 1. The molecule has 27 heavy (non-hydrogen) atoms. The van der Waals surface area contributed by atoms with Crippen molar-refractivity contribution in [2.75, 3.05) is 26.8 Å². The molecule has 2 aliphatic carbocycles. The second-order valence-corrected chi connectivity index (χ2v) is 9.36. The summed E-state index contributed by atoms with van der Waals surface area (Å²) in [6, 6.07) is 7.18. The predicted molar refractivity (Wildman–Crippen MR) is 107 cm³/mol. The minimum atomic E-state index is -0.648. The van der Waals surface area contributed by atoms with Gasteiger partial charge in [-0.25, -0.2) is 0 Å². The fraction of sp³-hybridized carbons (Fsp3) is 0.739. The zero-order valence-corrected chi connectivity index (χ0v) is 17.0. The lowest BCUT2D eigenvalue weighted by atomic mass is 9.55. The Morgan fingerprint density at radius 3 is 2.78 bits per heavy atom. The van der Waals surface area contributed by atoms with Crippen LogP contribution in [0.4, 0.5) is 0 Å². The molecule has 0 amide bonds. The van der Waals surface area contributed by atoms with Gasteiger partial charge in [-0.1, -0.05) is 19.9 Å². The average Bonchev–Trinajstić information content (AvgIpc) is 3.49. The minimum Gasteiger partial charge on any atom is -0.497 e. The molecule has 2 bridgehead atoms. The second-order valence-electron chi connectivity index (χ2n) is 9.36. The third-order valence-electron chi connectivity index (χ3n) is 7.77. The topological polar surface area (TPSA) is 52.9 Å². The number of ether oxygens (including phenoxy) is 1. The largest absolute Gasteiger partial charge is 0.497 e. The Labute approximate surface area is 163 Å². The average molecular weight is 374 g/mol. The maximum atomic E-state index is 10.3. The number of piperidine rings is 1. The summed E-state index contributed by atoms with van der Waals surface area (Å²) >= 11 is 0. The highest BCUT2D eigenvalue weighted by Crippen LogP contribution is 2.53. The molecule has 4 heteroatoms. The maximum absolute atomic E-state index is 10.3. The third kappa shape index (κ3) is 3.41. The molecule has 0 radical (unpaired) electrons. The predicted octanol–water partition coefficient (Wildman–Crippen LogP) is 2.99. The molecule has 5 unspecified atom stereocenters. The Morgan fingerprint density at radius 1 is 1.33 bits per heavy atom. The highest BCUT2D eigenvalue weighted by molar-refractivity contribution is 5.45. The number of benzene rings is 1. The zero-order chi connectivity index (χ0) is 19.2. The van der Waals surface area contributed by atoms with Gasteiger partial charge in [-0.05, 0) is 79.7 Å². The van der Waals surface area contributed by atoms with Crippen molar-refractivity contribution in [1.82, 2.24) is 4.90 Å². The molecule has 5 atom stereocenters. The quantitative estimate of drug-likeness (QED) is 0.771. The van der Waals surface area contributed by atoms with Crippen LogP contribution in [0.25, 0.3) is 0 Å². The molecule has 4 rings (SSSR count). The summed E-state index contributed by atoms with van der Waals surface area (Å²) in [5, 5.41) is 19.8. The Morgan fingerprint density at radius 2 is 2.11 bits per heavy atom. The highest BCUT2D eigenvalue weighted by Gasteiger charge is 2.52. The smallest absolute Gasteiger partial charge is 0.119 e. The molecule has 3 aliphatic rings. The van der Waals surface area contributed by atoms with E-state index in [1.165, 1.54) is 30.5 Å². The number of likely N-dealkylation sites (tertiary alicyclic amines) is 1. The van der Waals surface area contributed by atoms with E-state index in [-0.39, 0.29) is 17.9 Å². The van der Waals surface area contributed by atoms with Crippen molar-refractivity contribution in [2.45, 2.75) is 63.5 Å². The second kappa shape index (κ2) is 7.38. The fourth-order valence-corrected chi connectivity index (χ4v) is 5.80. The van der Waals surface area contributed by atoms with Crippen LogP contribution in [0, 0.1) is 17.8 Å². The van der Waals surface area contributed by atoms with Gasteiger partial charge in [-0.2, -0.15) is 0 Å². The molecule has 150 valence electrons. The zero-order valence-electron chi connectivity index (χ0n) is 17.0. The van der Waals surface area contributed by atoms with Crippen LogP contribution in [0.2, 0.25) is 0 Å². The molecule has 1 saturated heterocycles. The summed E-state index contributed by atoms with van der Waals surface area (Å²) in [6.07, 6.45) is 5.31. The molecular formula is C23H35NO3. The summed E-state index contributed by atoms with van der Waals surface area (Å²) < 4.78 is 5.55. The first-order valence-corrected chi connectivity index (χ1v) is 10.7. The van der Waals surface area contributed by atoms with E-state index in [1.807, 2.05) is 0 Å². The fourth-order valence-electron chi connectivity index (χ4n) is 5.80. The lowest BCUT2D eigenvalue weighted by Crippen LogP contribution is -2.60. The van der Waals surface area contributed by atoms with Gasteiger partial charge >= 0.3 is 0 Å². The highest BCUT2D eigenvalue weighted by atomic mass is 16.5. The van der Waals surface area contributed by atoms with Crippen LogP contribution in [0.3, 0.4) is 0 Å². The maximum Gasteiger partial charge on any atom is 0.119 e. The van der Waals surface area contributed by atoms with E-state index >= 15 is 0 Å². The molecule has 1 heterocycles. The van der Waals surface area contributed by atoms with Crippen molar-refractivity contribution >= 4 is 0 Å². The number of hydrogen-bond acceptors (Lipinski definition) is 4. The van der Waals surface area contributed by atoms with Crippen LogP contribution in [0.1, 0.15) is 50.7 Å². The number of methoxy groups -OCH3 is 1. The van der Waals surface area contributed by atoms with Gasteiger partial charge < -0.3 is 14.9 Å². The van der Waals surface area contributed by atoms with Crippen LogP contribution in [0.5, 0.6) is 5.75 Å². The molecule has 4 nitrogen and oxygen atoms in total. The van der Waals surface area contributed by atoms with Crippen molar-refractivity contribution in [3.63, 3.8) is 0 Å². The van der Waals surface area contributed by atoms with Crippen LogP contribution >= 0.6 is 0 Å². The van der Waals surface area contributed by atoms with Gasteiger partial charge in [0, 0.05) is 18.0 Å². The molecule has 1 aliphatic heterocycles. The Bertz CT molecular complexity index is 674. The monoisotopic (exact) mass is 373 g/mol. The van der Waals surface area contributed by atoms with Gasteiger partial charge in [0.2, 0.25) is 0 Å². The molecule has 0 aromatic heterocycles. The summed E-state index contributed by atoms with van der Waals surface area (Å²) in [4.78, 5) is 2.75. The Hall–Kier alpha value is -1.10. The van der Waals surface area contributed by atoms with E-state index in [1.54, 1.807) is 7.11 Å². The van der Waals surface area contributed by atoms with E-state index < -0.39 is 6.10 Å². The minimum absolute atomic E-state index is 0.0579. The Kier molecular flexibility index (Phi) is 5.26. The molecular weight excluding hydrogens is 338 g/mol. The number of hydrogen-bond donors (Lipinski definition) is 2. The van der Waals surface area contributed by atoms with Crippen molar-refractivity contribution in [3.05, 3.63) is 29.3 Å². The first-order chi connectivity index (χ1) is 13.0. The van der Waals surface area contributed by atoms with Crippen LogP contribution in [-0.2, 0) is 11.8 Å². The van der Waals surface area contributed by atoms with Gasteiger partial charge in [0.05, 0.1) is 19.8 Å². The van der Waals surface area contributed by atoms with Gasteiger partial charge in [0.15, 0.2) is 0 Å². The van der Waals surface area contributed by atoms with E-state index in [9.17, 15) is 10.2 Å². The van der Waals surface area contributed by atoms with Crippen molar-refractivity contribution in [1.29, 1.82) is 0 Å². The van der Waals surface area contributed by atoms with E-state index in [2.05, 4.69) is 36.9 Å². The van der Waals surface area contributed by atoms with Gasteiger partial charge in [0.1, 0.15) is 5.75 Å². The van der Waals surface area contributed by atoms with Crippen molar-refractivity contribution < 1.29 is 14.9 Å². The van der Waals surface area contributed by atoms with Crippen molar-refractivity contribution in [3.8, 4) is 5.75 Å². The standard InChI is InChI=1S/C23H35NO3/c1-15(22(26)14-25)12-23-8-9-24(13-17-4-5-17)21(16(23)2)10-18-6-7-19(27-3)11-20(18)23/h6-7,11,15-17,21-22,25-26H,4-5,8-10,12-14H2,1-3H3. The molecule has 1 saturated carbocycles. The van der Waals surface area contributed by atoms with Gasteiger partial charge in [-0.3, -0.25) is 4.90 Å². The Balaban J connectivity index is 1.71. The summed E-state index contributed by atoms with van der Waals surface area (Å²) in [5.41, 5.74) is 2.93. The van der Waals surface area contributed by atoms with Crippen LogP contribution in [-0.4, -0.2) is 54.1 Å². The lowest BCUT2D eigenvalue weighted by Gasteiger charge is -2.57. The molecule has 1 aromatic rings. The molecule has 1 aromatic carbocycles. The molecule has 2 N–H and O–H groups in total. The summed E-state index contributed by atoms with van der Waals surface area (Å²) in [6.45, 7) is 6.75. The number of rotatable bonds is 7. The van der Waals surface area contributed by atoms with E-state index in [0.717, 1.165) is 37.5 Å². The first-order valence-electron chi connectivity index (χ1n) is 10.7. The van der Waals surface area contributed by atoms with Gasteiger partial charge in [0.25, 0.3) is 0 Å². The summed E-state index contributed by atoms with van der Waals surface area (Å²) in [5.74, 6) is 2.45. The first kappa shape index (κ1) is 19.2. The number of aliphatic hydroxyl groups is 2. The lowest BCUT2D eigenvalue weighted by molar-refractivity contribution is -0.0142. The normalized spacial score (nSPS) is 32.6. The summed E-state index contributed by atoms with van der Waals surface area (Å²) in [7, 11) is 1.74. The molecule has 0 spiro atoms. The third-order valence-corrected chi connectivity index (χ3v) is 7.77. The van der Waals surface area contributed by atoms with Crippen LogP contribution in [0.15, 0.2) is 18.2 Å².